The lowest BCUT2D eigenvalue weighted by Gasteiger charge is -2.23. The van der Waals surface area contributed by atoms with Gasteiger partial charge in [-0.25, -0.2) is 9.18 Å². The molecule has 32 heavy (non-hydrogen) atoms. The Morgan fingerprint density at radius 2 is 1.81 bits per heavy atom. The molecule has 2 aromatic carbocycles. The number of hydrogen-bond donors (Lipinski definition) is 3. The molecule has 3 amide bonds. The van der Waals surface area contributed by atoms with E-state index in [1.54, 1.807) is 12.1 Å². The summed E-state index contributed by atoms with van der Waals surface area (Å²) in [6.45, 7) is 3.76. The number of amides is 3. The van der Waals surface area contributed by atoms with Gasteiger partial charge in [0.1, 0.15) is 16.9 Å². The number of urea groups is 1. The number of nitrogens with zero attached hydrogens (tertiary/aromatic N) is 2. The highest BCUT2D eigenvalue weighted by Crippen LogP contribution is 2.27. The van der Waals surface area contributed by atoms with Gasteiger partial charge in [-0.1, -0.05) is 66.9 Å². The van der Waals surface area contributed by atoms with Crippen LogP contribution in [-0.2, 0) is 4.79 Å². The van der Waals surface area contributed by atoms with E-state index in [0.29, 0.717) is 27.3 Å². The van der Waals surface area contributed by atoms with Crippen molar-refractivity contribution in [2.75, 3.05) is 10.6 Å². The Hall–Kier alpha value is -2.75. The van der Waals surface area contributed by atoms with Crippen LogP contribution in [0.1, 0.15) is 20.3 Å². The van der Waals surface area contributed by atoms with E-state index >= 15 is 0 Å². The maximum Gasteiger partial charge on any atom is 0.319 e. The van der Waals surface area contributed by atoms with Crippen LogP contribution < -0.4 is 16.0 Å². The zero-order valence-corrected chi connectivity index (χ0v) is 19.5. The van der Waals surface area contributed by atoms with Gasteiger partial charge in [-0.05, 0) is 36.2 Å². The molecule has 3 rings (SSSR count). The second-order valence-electron chi connectivity index (χ2n) is 7.00. The molecule has 0 aliphatic rings. The van der Waals surface area contributed by atoms with Crippen molar-refractivity contribution in [3.63, 3.8) is 0 Å². The molecule has 0 unspecified atom stereocenters. The van der Waals surface area contributed by atoms with Gasteiger partial charge in [0.05, 0.1) is 5.02 Å². The number of carbonyl (C=O) groups excluding carboxylic acids is 2. The Morgan fingerprint density at radius 3 is 2.47 bits per heavy atom. The Morgan fingerprint density at radius 1 is 1.09 bits per heavy atom. The van der Waals surface area contributed by atoms with Crippen LogP contribution in [0.15, 0.2) is 42.5 Å². The lowest BCUT2D eigenvalue weighted by molar-refractivity contribution is -0.119. The van der Waals surface area contributed by atoms with Gasteiger partial charge in [-0.2, -0.15) is 0 Å². The molecule has 0 aliphatic carbocycles. The minimum Gasteiger partial charge on any atom is -0.326 e. The maximum atomic E-state index is 13.3. The predicted molar refractivity (Wildman–Crippen MR) is 126 cm³/mol. The number of aromatic nitrogens is 2. The average Bonchev–Trinajstić information content (AvgIpc) is 3.23. The molecule has 0 spiro atoms. The van der Waals surface area contributed by atoms with Crippen molar-refractivity contribution in [1.82, 2.24) is 15.5 Å². The second kappa shape index (κ2) is 10.7. The molecular weight excluding hydrogens is 476 g/mol. The highest BCUT2D eigenvalue weighted by Gasteiger charge is 2.27. The maximum absolute atomic E-state index is 13.3. The molecule has 168 valence electrons. The predicted octanol–water partition coefficient (Wildman–Crippen LogP) is 5.83. The molecule has 0 bridgehead atoms. The largest absolute Gasteiger partial charge is 0.326 e. The van der Waals surface area contributed by atoms with Gasteiger partial charge < -0.3 is 10.6 Å². The Kier molecular flexibility index (Phi) is 8.00. The summed E-state index contributed by atoms with van der Waals surface area (Å²) < 4.78 is 13.3. The molecule has 3 aromatic rings. The number of carbonyl (C=O) groups is 2. The molecular formula is C21H20Cl2FN5O2S. The lowest BCUT2D eigenvalue weighted by atomic mass is 9.98. The third-order valence-corrected chi connectivity index (χ3v) is 6.14. The minimum atomic E-state index is -0.834. The number of anilines is 2. The number of benzene rings is 2. The van der Waals surface area contributed by atoms with Gasteiger partial charge in [-0.3, -0.25) is 10.1 Å². The summed E-state index contributed by atoms with van der Waals surface area (Å²) in [5.74, 6) is -1.18. The third-order valence-electron chi connectivity index (χ3n) is 4.71. The van der Waals surface area contributed by atoms with Gasteiger partial charge in [0.15, 0.2) is 0 Å². The summed E-state index contributed by atoms with van der Waals surface area (Å²) in [5, 5.41) is 17.4. The van der Waals surface area contributed by atoms with Crippen LogP contribution in [0.2, 0.25) is 10.0 Å². The summed E-state index contributed by atoms with van der Waals surface area (Å²) in [6, 6.07) is 9.45. The van der Waals surface area contributed by atoms with E-state index < -0.39 is 23.8 Å². The zero-order valence-electron chi connectivity index (χ0n) is 17.2. The Balaban J connectivity index is 1.67. The average molecular weight is 496 g/mol. The molecule has 1 aromatic heterocycles. The molecule has 11 heteroatoms. The molecule has 0 radical (unpaired) electrons. The van der Waals surface area contributed by atoms with Gasteiger partial charge >= 0.3 is 6.03 Å². The van der Waals surface area contributed by atoms with Crippen LogP contribution in [-0.4, -0.2) is 28.2 Å². The fourth-order valence-corrected chi connectivity index (χ4v) is 3.81. The molecule has 3 N–H and O–H groups in total. The quantitative estimate of drug-likeness (QED) is 0.384. The van der Waals surface area contributed by atoms with Crippen LogP contribution >= 0.6 is 34.5 Å². The van der Waals surface area contributed by atoms with E-state index in [1.165, 1.54) is 23.5 Å². The fourth-order valence-electron chi connectivity index (χ4n) is 2.75. The molecule has 2 atom stereocenters. The van der Waals surface area contributed by atoms with Crippen molar-refractivity contribution >= 4 is 57.3 Å². The third kappa shape index (κ3) is 6.15. The molecule has 7 nitrogen and oxygen atoms in total. The van der Waals surface area contributed by atoms with Crippen molar-refractivity contribution in [1.29, 1.82) is 0 Å². The number of halogens is 3. The van der Waals surface area contributed by atoms with Crippen molar-refractivity contribution in [2.24, 2.45) is 5.92 Å². The first-order valence-corrected chi connectivity index (χ1v) is 11.3. The summed E-state index contributed by atoms with van der Waals surface area (Å²) in [6.07, 6.45) is 0.646. The highest BCUT2D eigenvalue weighted by atomic mass is 35.5. The fraction of sp³-hybridized carbons (Fsp3) is 0.238. The van der Waals surface area contributed by atoms with Gasteiger partial charge in [0, 0.05) is 16.3 Å². The van der Waals surface area contributed by atoms with Gasteiger partial charge in [0.2, 0.25) is 11.0 Å². The van der Waals surface area contributed by atoms with Crippen LogP contribution in [0.3, 0.4) is 0 Å². The molecule has 0 aliphatic heterocycles. The SMILES string of the molecule is CC[C@@H](C)[C@H](NC(=O)Nc1ccc(F)c(Cl)c1)C(=O)Nc1nnc(-c2ccc(Cl)cc2)s1. The van der Waals surface area contributed by atoms with Crippen LogP contribution in [0, 0.1) is 11.7 Å². The first-order valence-electron chi connectivity index (χ1n) is 9.69. The second-order valence-corrected chi connectivity index (χ2v) is 8.82. The molecule has 1 heterocycles. The number of nitrogens with one attached hydrogen (secondary N) is 3. The zero-order chi connectivity index (χ0) is 23.3. The Labute approximate surface area is 198 Å². The van der Waals surface area contributed by atoms with E-state index in [1.807, 2.05) is 26.0 Å². The van der Waals surface area contributed by atoms with Crippen molar-refractivity contribution in [3.05, 3.63) is 58.3 Å². The Bertz CT molecular complexity index is 1110. The van der Waals surface area contributed by atoms with E-state index in [9.17, 15) is 14.0 Å². The van der Waals surface area contributed by atoms with E-state index in [4.69, 9.17) is 23.2 Å². The normalized spacial score (nSPS) is 12.7. The smallest absolute Gasteiger partial charge is 0.319 e. The summed E-state index contributed by atoms with van der Waals surface area (Å²) in [7, 11) is 0. The van der Waals surface area contributed by atoms with Crippen LogP contribution in [0.5, 0.6) is 0 Å². The van der Waals surface area contributed by atoms with Crippen molar-refractivity contribution in [2.45, 2.75) is 26.3 Å². The van der Waals surface area contributed by atoms with Crippen molar-refractivity contribution in [3.8, 4) is 10.6 Å². The molecule has 0 fully saturated rings. The minimum absolute atomic E-state index is 0.119. The highest BCUT2D eigenvalue weighted by molar-refractivity contribution is 7.18. The first kappa shape index (κ1) is 23.9. The number of hydrogen-bond acceptors (Lipinski definition) is 5. The molecule has 0 saturated heterocycles. The molecule has 0 saturated carbocycles. The standard InChI is InChI=1S/C21H20Cl2FN5O2S/c1-3-11(2)17(26-20(31)25-14-8-9-16(24)15(23)10-14)18(30)27-21-29-28-19(32-21)12-4-6-13(22)7-5-12/h4-11,17H,3H2,1-2H3,(H2,25,26,31)(H,27,29,30)/t11-,17+/m1/s1. The van der Waals surface area contributed by atoms with E-state index in [0.717, 1.165) is 11.6 Å². The topological polar surface area (TPSA) is 96.0 Å². The summed E-state index contributed by atoms with van der Waals surface area (Å²) in [5.41, 5.74) is 1.12. The van der Waals surface area contributed by atoms with Crippen LogP contribution in [0.4, 0.5) is 20.0 Å². The number of rotatable bonds is 7. The van der Waals surface area contributed by atoms with Gasteiger partial charge in [-0.15, -0.1) is 10.2 Å². The summed E-state index contributed by atoms with van der Waals surface area (Å²) in [4.78, 5) is 25.3. The van der Waals surface area contributed by atoms with Crippen LogP contribution in [0.25, 0.3) is 10.6 Å². The lowest BCUT2D eigenvalue weighted by Crippen LogP contribution is -2.49. The van der Waals surface area contributed by atoms with Gasteiger partial charge in [0.25, 0.3) is 0 Å². The van der Waals surface area contributed by atoms with Crippen molar-refractivity contribution < 1.29 is 14.0 Å². The van der Waals surface area contributed by atoms with E-state index in [2.05, 4.69) is 26.1 Å². The summed E-state index contributed by atoms with van der Waals surface area (Å²) >= 11 is 12.9. The first-order chi connectivity index (χ1) is 15.3. The monoisotopic (exact) mass is 495 g/mol. The van der Waals surface area contributed by atoms with E-state index in [-0.39, 0.29) is 10.9 Å².